The number of hydrogen-bond acceptors (Lipinski definition) is 5. The van der Waals surface area contributed by atoms with Crippen LogP contribution in [0.15, 0.2) is 54.6 Å². The lowest BCUT2D eigenvalue weighted by Gasteiger charge is -2.21. The summed E-state index contributed by atoms with van der Waals surface area (Å²) in [4.78, 5) is 37.7. The molecule has 0 aliphatic carbocycles. The molecule has 1 fully saturated rings. The topological polar surface area (TPSA) is 84.9 Å². The number of hydrogen-bond donors (Lipinski definition) is 1. The lowest BCUT2D eigenvalue weighted by atomic mass is 9.92. The second kappa shape index (κ2) is 8.08. The Morgan fingerprint density at radius 2 is 1.75 bits per heavy atom. The average Bonchev–Trinajstić information content (AvgIpc) is 2.91. The molecule has 0 aromatic heterocycles. The first-order valence-corrected chi connectivity index (χ1v) is 8.64. The molecule has 0 saturated carbocycles. The molecular formula is C20H19FN2O5. The van der Waals surface area contributed by atoms with Gasteiger partial charge in [-0.15, -0.1) is 0 Å². The van der Waals surface area contributed by atoms with E-state index in [4.69, 9.17) is 9.47 Å². The molecule has 146 valence electrons. The van der Waals surface area contributed by atoms with Crippen molar-refractivity contribution >= 4 is 17.9 Å². The zero-order valence-electron chi connectivity index (χ0n) is 15.2. The maximum absolute atomic E-state index is 12.8. The highest BCUT2D eigenvalue weighted by molar-refractivity contribution is 6.08. The summed E-state index contributed by atoms with van der Waals surface area (Å²) >= 11 is 0. The molecular weight excluding hydrogens is 367 g/mol. The van der Waals surface area contributed by atoms with Crippen LogP contribution in [0.1, 0.15) is 12.5 Å². The number of esters is 1. The molecule has 8 heteroatoms. The van der Waals surface area contributed by atoms with E-state index in [2.05, 4.69) is 5.32 Å². The van der Waals surface area contributed by atoms with Crippen LogP contribution in [0.5, 0.6) is 5.75 Å². The molecule has 0 bridgehead atoms. The number of carbonyl (C=O) groups is 3. The van der Waals surface area contributed by atoms with Gasteiger partial charge < -0.3 is 14.8 Å². The van der Waals surface area contributed by atoms with E-state index in [1.807, 2.05) is 0 Å². The van der Waals surface area contributed by atoms with Crippen molar-refractivity contribution in [2.75, 3.05) is 19.8 Å². The number of halogens is 1. The molecule has 1 aliphatic rings. The molecule has 1 aliphatic heterocycles. The van der Waals surface area contributed by atoms with Gasteiger partial charge in [0.05, 0.1) is 0 Å². The van der Waals surface area contributed by atoms with Crippen molar-refractivity contribution in [3.63, 3.8) is 0 Å². The van der Waals surface area contributed by atoms with Crippen molar-refractivity contribution in [2.45, 2.75) is 12.5 Å². The Hall–Kier alpha value is -3.42. The Morgan fingerprint density at radius 1 is 1.07 bits per heavy atom. The molecule has 0 unspecified atom stereocenters. The van der Waals surface area contributed by atoms with Gasteiger partial charge in [-0.3, -0.25) is 14.5 Å². The first-order valence-electron chi connectivity index (χ1n) is 8.64. The van der Waals surface area contributed by atoms with Gasteiger partial charge >= 0.3 is 12.0 Å². The highest BCUT2D eigenvalue weighted by Gasteiger charge is 2.49. The van der Waals surface area contributed by atoms with Crippen LogP contribution in [0, 0.1) is 5.82 Å². The van der Waals surface area contributed by atoms with Crippen LogP contribution in [0.2, 0.25) is 0 Å². The van der Waals surface area contributed by atoms with E-state index in [0.29, 0.717) is 11.3 Å². The number of benzene rings is 2. The predicted molar refractivity (Wildman–Crippen MR) is 96.9 cm³/mol. The first-order chi connectivity index (χ1) is 13.4. The van der Waals surface area contributed by atoms with E-state index in [9.17, 15) is 18.8 Å². The Labute approximate surface area is 161 Å². The van der Waals surface area contributed by atoms with E-state index in [-0.39, 0.29) is 19.0 Å². The first kappa shape index (κ1) is 19.3. The molecule has 2 aromatic carbocycles. The normalized spacial score (nSPS) is 18.7. The van der Waals surface area contributed by atoms with Gasteiger partial charge in [0, 0.05) is 0 Å². The molecule has 7 nitrogen and oxygen atoms in total. The number of carbonyl (C=O) groups excluding carboxylic acids is 3. The monoisotopic (exact) mass is 386 g/mol. The maximum Gasteiger partial charge on any atom is 0.326 e. The van der Waals surface area contributed by atoms with Crippen LogP contribution in [-0.2, 0) is 19.9 Å². The van der Waals surface area contributed by atoms with E-state index in [1.165, 1.54) is 24.3 Å². The molecule has 1 saturated heterocycles. The third-order valence-corrected chi connectivity index (χ3v) is 4.34. The molecule has 0 radical (unpaired) electrons. The third kappa shape index (κ3) is 4.11. The van der Waals surface area contributed by atoms with E-state index >= 15 is 0 Å². The van der Waals surface area contributed by atoms with Crippen molar-refractivity contribution in [3.8, 4) is 5.75 Å². The molecule has 2 aromatic rings. The minimum atomic E-state index is -1.23. The maximum atomic E-state index is 12.8. The molecule has 1 N–H and O–H groups in total. The lowest BCUT2D eigenvalue weighted by molar-refractivity contribution is -0.148. The van der Waals surface area contributed by atoms with Crippen LogP contribution in [0.25, 0.3) is 0 Å². The predicted octanol–water partition coefficient (Wildman–Crippen LogP) is 2.21. The number of rotatable bonds is 7. The fourth-order valence-electron chi connectivity index (χ4n) is 2.83. The Balaban J connectivity index is 1.50. The Kier molecular flexibility index (Phi) is 5.58. The SMILES string of the molecule is C[C@@]1(c2ccccc2)NC(=O)N(CC(=O)OCCOc2ccc(F)cc2)C1=O. The van der Waals surface area contributed by atoms with Crippen molar-refractivity contribution in [1.82, 2.24) is 10.2 Å². The summed E-state index contributed by atoms with van der Waals surface area (Å²) in [5.74, 6) is -1.20. The van der Waals surface area contributed by atoms with Crippen LogP contribution in [0.3, 0.4) is 0 Å². The number of imide groups is 1. The zero-order chi connectivity index (χ0) is 20.1. The number of urea groups is 1. The Bertz CT molecular complexity index is 872. The molecule has 1 atom stereocenters. The number of ether oxygens (including phenoxy) is 2. The van der Waals surface area contributed by atoms with Crippen molar-refractivity contribution < 1.29 is 28.2 Å². The summed E-state index contributed by atoms with van der Waals surface area (Å²) in [5, 5.41) is 2.62. The second-order valence-electron chi connectivity index (χ2n) is 6.34. The quantitative estimate of drug-likeness (QED) is 0.448. The summed E-state index contributed by atoms with van der Waals surface area (Å²) in [6, 6.07) is 13.5. The third-order valence-electron chi connectivity index (χ3n) is 4.34. The largest absolute Gasteiger partial charge is 0.490 e. The van der Waals surface area contributed by atoms with Gasteiger partial charge in [-0.2, -0.15) is 0 Å². The van der Waals surface area contributed by atoms with Gasteiger partial charge in [0.25, 0.3) is 5.91 Å². The van der Waals surface area contributed by atoms with Crippen LogP contribution in [-0.4, -0.2) is 42.6 Å². The van der Waals surface area contributed by atoms with E-state index in [0.717, 1.165) is 4.90 Å². The van der Waals surface area contributed by atoms with Crippen molar-refractivity contribution in [2.24, 2.45) is 0 Å². The van der Waals surface area contributed by atoms with Gasteiger partial charge in [-0.25, -0.2) is 9.18 Å². The highest BCUT2D eigenvalue weighted by Crippen LogP contribution is 2.28. The fraction of sp³-hybridized carbons (Fsp3) is 0.250. The molecule has 1 heterocycles. The van der Waals surface area contributed by atoms with E-state index in [1.54, 1.807) is 37.3 Å². The summed E-state index contributed by atoms with van der Waals surface area (Å²) in [7, 11) is 0. The smallest absolute Gasteiger partial charge is 0.326 e. The summed E-state index contributed by atoms with van der Waals surface area (Å²) in [6.07, 6.45) is 0. The van der Waals surface area contributed by atoms with Crippen molar-refractivity contribution in [1.29, 1.82) is 0 Å². The summed E-state index contributed by atoms with van der Waals surface area (Å²) in [5.41, 5.74) is -0.610. The van der Waals surface area contributed by atoms with Crippen molar-refractivity contribution in [3.05, 3.63) is 66.0 Å². The summed E-state index contributed by atoms with van der Waals surface area (Å²) < 4.78 is 23.1. The van der Waals surface area contributed by atoms with Gasteiger partial charge in [0.2, 0.25) is 0 Å². The average molecular weight is 386 g/mol. The number of nitrogens with zero attached hydrogens (tertiary/aromatic N) is 1. The Morgan fingerprint density at radius 3 is 2.43 bits per heavy atom. The van der Waals surface area contributed by atoms with Gasteiger partial charge in [0.1, 0.15) is 36.9 Å². The number of amides is 3. The van der Waals surface area contributed by atoms with Gasteiger partial charge in [-0.1, -0.05) is 30.3 Å². The van der Waals surface area contributed by atoms with Crippen LogP contribution in [0.4, 0.5) is 9.18 Å². The second-order valence-corrected chi connectivity index (χ2v) is 6.34. The highest BCUT2D eigenvalue weighted by atomic mass is 19.1. The zero-order valence-corrected chi connectivity index (χ0v) is 15.2. The lowest BCUT2D eigenvalue weighted by Crippen LogP contribution is -2.41. The standard InChI is InChI=1S/C20H19FN2O5/c1-20(14-5-3-2-4-6-14)18(25)23(19(26)22-20)13-17(24)28-12-11-27-16-9-7-15(21)8-10-16/h2-10H,11-13H2,1H3,(H,22,26)/t20-/m0/s1. The molecule has 3 rings (SSSR count). The van der Waals surface area contributed by atoms with Crippen LogP contribution < -0.4 is 10.1 Å². The summed E-state index contributed by atoms with van der Waals surface area (Å²) in [6.45, 7) is 1.07. The molecule has 3 amide bonds. The minimum Gasteiger partial charge on any atom is -0.490 e. The van der Waals surface area contributed by atoms with Crippen LogP contribution >= 0.6 is 0 Å². The van der Waals surface area contributed by atoms with E-state index < -0.39 is 30.0 Å². The molecule has 28 heavy (non-hydrogen) atoms. The van der Waals surface area contributed by atoms with Gasteiger partial charge in [-0.05, 0) is 36.8 Å². The fourth-order valence-corrected chi connectivity index (χ4v) is 2.83. The van der Waals surface area contributed by atoms with Gasteiger partial charge in [0.15, 0.2) is 0 Å². The number of nitrogens with one attached hydrogen (secondary N) is 1. The minimum absolute atomic E-state index is 0.0548. The molecule has 0 spiro atoms.